The average molecular weight is 406 g/mol. The van der Waals surface area contributed by atoms with Crippen LogP contribution in [0.4, 0.5) is 32.0 Å². The van der Waals surface area contributed by atoms with Gasteiger partial charge in [-0.25, -0.2) is 17.7 Å². The number of benzene rings is 1. The first-order chi connectivity index (χ1) is 13.0. The lowest BCUT2D eigenvalue weighted by Gasteiger charge is -2.29. The molecule has 3 rings (SSSR count). The van der Waals surface area contributed by atoms with Crippen LogP contribution in [0.2, 0.25) is 0 Å². The molecule has 0 amide bonds. The summed E-state index contributed by atoms with van der Waals surface area (Å²) in [6.45, 7) is -0.205. The Morgan fingerprint density at radius 2 is 1.82 bits per heavy atom. The highest BCUT2D eigenvalue weighted by Crippen LogP contribution is 2.34. The highest BCUT2D eigenvalue weighted by atomic mass is 19.4. The van der Waals surface area contributed by atoms with E-state index in [0.717, 1.165) is 4.90 Å². The largest absolute Gasteiger partial charge is 0.452 e. The Balaban J connectivity index is 2.02. The number of alkyl halides is 3. The fourth-order valence-corrected chi connectivity index (χ4v) is 2.89. The maximum absolute atomic E-state index is 14.8. The van der Waals surface area contributed by atoms with Gasteiger partial charge in [-0.15, -0.1) is 10.2 Å². The number of hydrogen-bond acceptors (Lipinski definition) is 5. The van der Waals surface area contributed by atoms with E-state index in [9.17, 15) is 35.9 Å². The van der Waals surface area contributed by atoms with Gasteiger partial charge >= 0.3 is 6.18 Å². The Kier molecular flexibility index (Phi) is 4.90. The third-order valence-electron chi connectivity index (χ3n) is 4.16. The van der Waals surface area contributed by atoms with Crippen molar-refractivity contribution in [1.29, 1.82) is 0 Å². The van der Waals surface area contributed by atoms with Crippen LogP contribution < -0.4 is 4.90 Å². The summed E-state index contributed by atoms with van der Waals surface area (Å²) in [5.41, 5.74) is -1.20. The van der Waals surface area contributed by atoms with Gasteiger partial charge in [0.15, 0.2) is 23.3 Å². The summed E-state index contributed by atoms with van der Waals surface area (Å²) in [4.78, 5) is 24.0. The topological polar surface area (TPSA) is 68.1 Å². The van der Waals surface area contributed by atoms with E-state index < -0.39 is 60.0 Å². The van der Waals surface area contributed by atoms with E-state index in [0.29, 0.717) is 6.07 Å². The number of carbonyl (C=O) groups excluding carboxylic acids is 2. The number of anilines is 1. The lowest BCUT2D eigenvalue weighted by atomic mass is 10.0. The van der Waals surface area contributed by atoms with Crippen LogP contribution in [-0.4, -0.2) is 33.0 Å². The Labute approximate surface area is 153 Å². The summed E-state index contributed by atoms with van der Waals surface area (Å²) >= 11 is 0. The first-order valence-electron chi connectivity index (χ1n) is 7.96. The molecule has 1 aliphatic heterocycles. The van der Waals surface area contributed by atoms with Gasteiger partial charge in [-0.2, -0.15) is 13.2 Å². The van der Waals surface area contributed by atoms with E-state index in [1.807, 2.05) is 0 Å². The molecule has 0 saturated heterocycles. The summed E-state index contributed by atoms with van der Waals surface area (Å²) in [7, 11) is 0. The molecule has 0 saturated carbocycles. The van der Waals surface area contributed by atoms with Crippen LogP contribution in [0.5, 0.6) is 0 Å². The van der Waals surface area contributed by atoms with Crippen LogP contribution in [0.1, 0.15) is 35.4 Å². The van der Waals surface area contributed by atoms with Gasteiger partial charge in [-0.1, -0.05) is 0 Å². The number of Topliss-reactive ketones (excluding diaryl/α,β-unsaturated/α-hetero) is 1. The van der Waals surface area contributed by atoms with E-state index in [-0.39, 0.29) is 28.8 Å². The van der Waals surface area contributed by atoms with Crippen molar-refractivity contribution in [1.82, 2.24) is 14.8 Å². The quantitative estimate of drug-likeness (QED) is 0.577. The number of ketones is 1. The van der Waals surface area contributed by atoms with Crippen LogP contribution in [-0.2, 0) is 23.9 Å². The Morgan fingerprint density at radius 3 is 2.43 bits per heavy atom. The third kappa shape index (κ3) is 3.45. The molecule has 150 valence electrons. The zero-order valence-electron chi connectivity index (χ0n) is 14.3. The van der Waals surface area contributed by atoms with Crippen molar-refractivity contribution in [3.8, 4) is 0 Å². The van der Waals surface area contributed by atoms with Gasteiger partial charge in [0.25, 0.3) is 5.91 Å². The minimum atomic E-state index is -4.95. The molecule has 6 nitrogen and oxygen atoms in total. The summed E-state index contributed by atoms with van der Waals surface area (Å²) in [5, 5.41) is 6.18. The fourth-order valence-electron chi connectivity index (χ4n) is 2.89. The summed E-state index contributed by atoms with van der Waals surface area (Å²) in [5.74, 6) is -7.71. The van der Waals surface area contributed by atoms with Crippen LogP contribution >= 0.6 is 0 Å². The number of aromatic nitrogens is 3. The van der Waals surface area contributed by atoms with E-state index in [1.165, 1.54) is 6.92 Å². The van der Waals surface area contributed by atoms with Gasteiger partial charge in [-0.05, 0) is 25.0 Å². The van der Waals surface area contributed by atoms with Gasteiger partial charge in [-0.3, -0.25) is 4.79 Å². The fraction of sp³-hybridized carbons (Fsp3) is 0.375. The van der Waals surface area contributed by atoms with Gasteiger partial charge in [0.05, 0.1) is 13.1 Å². The maximum atomic E-state index is 14.8. The number of rotatable bonds is 4. The first-order valence-corrected chi connectivity index (χ1v) is 7.96. The Hall–Kier alpha value is -2.92. The van der Waals surface area contributed by atoms with Crippen molar-refractivity contribution in [3.63, 3.8) is 0 Å². The number of hydrogen-bond donors (Lipinski definition) is 0. The molecule has 1 aromatic carbocycles. The molecule has 2 heterocycles. The zero-order valence-corrected chi connectivity index (χ0v) is 14.3. The summed E-state index contributed by atoms with van der Waals surface area (Å²) < 4.78 is 81.9. The third-order valence-corrected chi connectivity index (χ3v) is 4.16. The molecule has 0 atom stereocenters. The van der Waals surface area contributed by atoms with E-state index in [2.05, 4.69) is 10.2 Å². The van der Waals surface area contributed by atoms with Gasteiger partial charge in [0.2, 0.25) is 5.82 Å². The zero-order chi connectivity index (χ0) is 20.8. The van der Waals surface area contributed by atoms with E-state index >= 15 is 0 Å². The van der Waals surface area contributed by atoms with Crippen molar-refractivity contribution >= 4 is 17.4 Å². The Bertz CT molecular complexity index is 969. The number of nitrogens with zero attached hydrogens (tertiary/aromatic N) is 4. The first kappa shape index (κ1) is 19.8. The molecule has 0 unspecified atom stereocenters. The molecule has 0 aliphatic carbocycles. The molecular formula is C16H12F6N4O2. The van der Waals surface area contributed by atoms with E-state index in [4.69, 9.17) is 0 Å². The van der Waals surface area contributed by atoms with Crippen LogP contribution in [0.3, 0.4) is 0 Å². The number of carbonyl (C=O) groups is 2. The molecule has 0 bridgehead atoms. The predicted octanol–water partition coefficient (Wildman–Crippen LogP) is 2.90. The van der Waals surface area contributed by atoms with Crippen molar-refractivity contribution in [2.24, 2.45) is 0 Å². The van der Waals surface area contributed by atoms with Gasteiger partial charge < -0.3 is 9.69 Å². The molecule has 28 heavy (non-hydrogen) atoms. The minimum Gasteiger partial charge on any atom is -0.350 e. The molecule has 1 aliphatic rings. The Morgan fingerprint density at radius 1 is 1.14 bits per heavy atom. The van der Waals surface area contributed by atoms with Crippen molar-refractivity contribution in [3.05, 3.63) is 40.7 Å². The second kappa shape index (κ2) is 6.91. The number of aryl methyl sites for hydroxylation is 1. The molecule has 0 spiro atoms. The lowest BCUT2D eigenvalue weighted by molar-refractivity contribution is -0.146. The molecule has 0 N–H and O–H groups in total. The van der Waals surface area contributed by atoms with Crippen molar-refractivity contribution in [2.45, 2.75) is 32.5 Å². The average Bonchev–Trinajstić information content (AvgIpc) is 3.02. The summed E-state index contributed by atoms with van der Waals surface area (Å²) in [6, 6.07) is 0.604. The molecule has 12 heteroatoms. The highest BCUT2D eigenvalue weighted by Gasteiger charge is 2.42. The highest BCUT2D eigenvalue weighted by molar-refractivity contribution is 5.86. The van der Waals surface area contributed by atoms with Crippen molar-refractivity contribution < 1.29 is 35.9 Å². The predicted molar refractivity (Wildman–Crippen MR) is 82.0 cm³/mol. The number of fused-ring (bicyclic) bond motifs is 1. The molecular weight excluding hydrogens is 394 g/mol. The van der Waals surface area contributed by atoms with Crippen LogP contribution in [0.15, 0.2) is 6.07 Å². The molecule has 2 aromatic rings. The normalized spacial score (nSPS) is 14.4. The van der Waals surface area contributed by atoms with Crippen molar-refractivity contribution in [2.75, 3.05) is 11.4 Å². The molecule has 0 radical (unpaired) electrons. The van der Waals surface area contributed by atoms with Crippen LogP contribution in [0.25, 0.3) is 0 Å². The standard InChI is InChI=1S/C16H12F6N4O2/c1-7(27)2-3-8-4-9(17)13(19)14(12(8)18)25-5-10-23-24-15(16(20,21)22)26(10)11(28)6-25/h4H,2-3,5-6H2,1H3. The molecule has 1 aromatic heterocycles. The lowest BCUT2D eigenvalue weighted by Crippen LogP contribution is -2.41. The summed E-state index contributed by atoms with van der Waals surface area (Å²) in [6.07, 6.45) is -5.27. The second-order valence-electron chi connectivity index (χ2n) is 6.22. The monoisotopic (exact) mass is 406 g/mol. The smallest absolute Gasteiger partial charge is 0.350 e. The van der Waals surface area contributed by atoms with Crippen LogP contribution in [0, 0.1) is 17.5 Å². The SMILES string of the molecule is CC(=O)CCc1cc(F)c(F)c(N2CC(=O)n3c(nnc3C(F)(F)F)C2)c1F. The van der Waals surface area contributed by atoms with Gasteiger partial charge in [0, 0.05) is 6.42 Å². The number of halogens is 6. The van der Waals surface area contributed by atoms with Gasteiger partial charge in [0.1, 0.15) is 11.5 Å². The maximum Gasteiger partial charge on any atom is 0.452 e. The second-order valence-corrected chi connectivity index (χ2v) is 6.22. The minimum absolute atomic E-state index is 0.121. The molecule has 0 fully saturated rings. The van der Waals surface area contributed by atoms with E-state index in [1.54, 1.807) is 0 Å².